The highest BCUT2D eigenvalue weighted by Gasteiger charge is 2.19. The second kappa shape index (κ2) is 9.85. The molecule has 0 spiro atoms. The number of amides is 2. The Morgan fingerprint density at radius 3 is 2.86 bits per heavy atom. The fourth-order valence-corrected chi connectivity index (χ4v) is 3.18. The van der Waals surface area contributed by atoms with Crippen molar-refractivity contribution in [2.24, 2.45) is 5.92 Å². The molecule has 0 aromatic heterocycles. The van der Waals surface area contributed by atoms with E-state index >= 15 is 0 Å². The summed E-state index contributed by atoms with van der Waals surface area (Å²) in [6.07, 6.45) is 9.03. The first-order valence-electron chi connectivity index (χ1n) is 8.77. The largest absolute Gasteiger partial charge is 0.379 e. The molecular weight excluding hydrogens is 278 g/mol. The number of nitrogens with zero attached hydrogens (tertiary/aromatic N) is 2. The molecule has 0 radical (unpaired) electrons. The maximum absolute atomic E-state index is 12.3. The molecule has 1 saturated heterocycles. The van der Waals surface area contributed by atoms with Gasteiger partial charge < -0.3 is 15.0 Å². The fourth-order valence-electron chi connectivity index (χ4n) is 3.18. The third kappa shape index (κ3) is 5.97. The normalized spacial score (nSPS) is 22.5. The van der Waals surface area contributed by atoms with E-state index in [1.165, 1.54) is 6.42 Å². The summed E-state index contributed by atoms with van der Waals surface area (Å²) in [6.45, 7) is 9.20. The van der Waals surface area contributed by atoms with E-state index in [-0.39, 0.29) is 6.03 Å². The number of hydrogen-bond acceptors (Lipinski definition) is 3. The van der Waals surface area contributed by atoms with Gasteiger partial charge in [0.1, 0.15) is 0 Å². The van der Waals surface area contributed by atoms with Crippen molar-refractivity contribution < 1.29 is 9.53 Å². The van der Waals surface area contributed by atoms with Crippen molar-refractivity contribution in [2.45, 2.75) is 32.6 Å². The van der Waals surface area contributed by atoms with E-state index in [2.05, 4.69) is 22.4 Å². The van der Waals surface area contributed by atoms with Gasteiger partial charge in [-0.05, 0) is 38.5 Å². The molecule has 2 aliphatic rings. The molecule has 1 unspecified atom stereocenters. The van der Waals surface area contributed by atoms with Crippen LogP contribution < -0.4 is 5.32 Å². The van der Waals surface area contributed by atoms with Crippen molar-refractivity contribution in [1.82, 2.24) is 15.1 Å². The van der Waals surface area contributed by atoms with E-state index < -0.39 is 0 Å². The molecule has 1 aliphatic heterocycles. The SMILES string of the molecule is CCNC(=O)N(CCCN1CCOCC1)CC1CC=CCC1. The first kappa shape index (κ1) is 17.3. The number of allylic oxidation sites excluding steroid dienone is 2. The van der Waals surface area contributed by atoms with E-state index in [9.17, 15) is 4.79 Å². The van der Waals surface area contributed by atoms with Gasteiger partial charge >= 0.3 is 6.03 Å². The maximum Gasteiger partial charge on any atom is 0.317 e. The van der Waals surface area contributed by atoms with Crippen LogP contribution in [0.5, 0.6) is 0 Å². The highest BCUT2D eigenvalue weighted by Crippen LogP contribution is 2.19. The van der Waals surface area contributed by atoms with Crippen LogP contribution in [0, 0.1) is 5.92 Å². The molecule has 1 heterocycles. The van der Waals surface area contributed by atoms with E-state index in [0.29, 0.717) is 12.5 Å². The average Bonchev–Trinajstić information content (AvgIpc) is 2.56. The zero-order valence-electron chi connectivity index (χ0n) is 13.9. The standard InChI is InChI=1S/C17H31N3O2/c1-2-18-17(21)20(15-16-7-4-3-5-8-16)10-6-9-19-11-13-22-14-12-19/h3-4,16H,2,5-15H2,1H3,(H,18,21). The smallest absolute Gasteiger partial charge is 0.317 e. The number of urea groups is 1. The van der Waals surface area contributed by atoms with E-state index in [0.717, 1.165) is 65.2 Å². The molecule has 0 bridgehead atoms. The van der Waals surface area contributed by atoms with Crippen molar-refractivity contribution in [2.75, 3.05) is 52.5 Å². The molecule has 2 rings (SSSR count). The first-order valence-corrected chi connectivity index (χ1v) is 8.77. The number of carbonyl (C=O) groups excluding carboxylic acids is 1. The zero-order chi connectivity index (χ0) is 15.6. The monoisotopic (exact) mass is 309 g/mol. The van der Waals surface area contributed by atoms with Crippen LogP contribution in [0.2, 0.25) is 0 Å². The lowest BCUT2D eigenvalue weighted by Gasteiger charge is -2.30. The van der Waals surface area contributed by atoms with Gasteiger partial charge in [-0.1, -0.05) is 12.2 Å². The van der Waals surface area contributed by atoms with E-state index in [1.54, 1.807) is 0 Å². The van der Waals surface area contributed by atoms with Crippen molar-refractivity contribution in [3.8, 4) is 0 Å². The van der Waals surface area contributed by atoms with Gasteiger partial charge in [-0.25, -0.2) is 4.79 Å². The van der Waals surface area contributed by atoms with Crippen LogP contribution in [0.1, 0.15) is 32.6 Å². The topological polar surface area (TPSA) is 44.8 Å². The number of hydrogen-bond donors (Lipinski definition) is 1. The van der Waals surface area contributed by atoms with Gasteiger partial charge in [-0.15, -0.1) is 0 Å². The third-order valence-corrected chi connectivity index (χ3v) is 4.48. The number of ether oxygens (including phenoxy) is 1. The molecular formula is C17H31N3O2. The summed E-state index contributed by atoms with van der Waals surface area (Å²) in [5.74, 6) is 0.621. The summed E-state index contributed by atoms with van der Waals surface area (Å²) in [7, 11) is 0. The van der Waals surface area contributed by atoms with Crippen molar-refractivity contribution in [3.05, 3.63) is 12.2 Å². The number of morpholine rings is 1. The molecule has 1 fully saturated rings. The number of rotatable bonds is 7. The summed E-state index contributed by atoms with van der Waals surface area (Å²) in [4.78, 5) is 16.7. The van der Waals surface area contributed by atoms with Gasteiger partial charge in [-0.2, -0.15) is 0 Å². The summed E-state index contributed by atoms with van der Waals surface area (Å²) in [5, 5.41) is 2.96. The molecule has 1 aliphatic carbocycles. The molecule has 126 valence electrons. The van der Waals surface area contributed by atoms with Crippen LogP contribution in [-0.4, -0.2) is 68.3 Å². The van der Waals surface area contributed by atoms with Gasteiger partial charge in [0, 0.05) is 39.3 Å². The van der Waals surface area contributed by atoms with Crippen LogP contribution in [-0.2, 0) is 4.74 Å². The minimum atomic E-state index is 0.0963. The lowest BCUT2D eigenvalue weighted by molar-refractivity contribution is 0.0363. The molecule has 22 heavy (non-hydrogen) atoms. The van der Waals surface area contributed by atoms with E-state index in [4.69, 9.17) is 4.74 Å². The highest BCUT2D eigenvalue weighted by atomic mass is 16.5. The average molecular weight is 309 g/mol. The Morgan fingerprint density at radius 1 is 1.36 bits per heavy atom. The Hall–Kier alpha value is -1.07. The van der Waals surface area contributed by atoms with Crippen molar-refractivity contribution >= 4 is 6.03 Å². The van der Waals surface area contributed by atoms with Crippen LogP contribution in [0.25, 0.3) is 0 Å². The quantitative estimate of drug-likeness (QED) is 0.733. The minimum Gasteiger partial charge on any atom is -0.379 e. The maximum atomic E-state index is 12.3. The van der Waals surface area contributed by atoms with Gasteiger partial charge in [0.05, 0.1) is 13.2 Å². The Kier molecular flexibility index (Phi) is 7.74. The molecule has 2 amide bonds. The number of carbonyl (C=O) groups is 1. The van der Waals surface area contributed by atoms with Crippen LogP contribution in [0.4, 0.5) is 4.79 Å². The Balaban J connectivity index is 1.75. The summed E-state index contributed by atoms with van der Waals surface area (Å²) in [5.41, 5.74) is 0. The Bertz CT molecular complexity index is 354. The number of nitrogens with one attached hydrogen (secondary N) is 1. The van der Waals surface area contributed by atoms with Crippen LogP contribution in [0.15, 0.2) is 12.2 Å². The third-order valence-electron chi connectivity index (χ3n) is 4.48. The first-order chi connectivity index (χ1) is 10.8. The molecule has 5 heteroatoms. The summed E-state index contributed by atoms with van der Waals surface area (Å²) in [6, 6.07) is 0.0963. The lowest BCUT2D eigenvalue weighted by Crippen LogP contribution is -2.44. The second-order valence-corrected chi connectivity index (χ2v) is 6.24. The molecule has 5 nitrogen and oxygen atoms in total. The van der Waals surface area contributed by atoms with Gasteiger partial charge in [0.25, 0.3) is 0 Å². The van der Waals surface area contributed by atoms with Crippen LogP contribution >= 0.6 is 0 Å². The van der Waals surface area contributed by atoms with Gasteiger partial charge in [-0.3, -0.25) is 4.90 Å². The highest BCUT2D eigenvalue weighted by molar-refractivity contribution is 5.74. The summed E-state index contributed by atoms with van der Waals surface area (Å²) >= 11 is 0. The van der Waals surface area contributed by atoms with Crippen molar-refractivity contribution in [1.29, 1.82) is 0 Å². The molecule has 1 atom stereocenters. The van der Waals surface area contributed by atoms with Crippen molar-refractivity contribution in [3.63, 3.8) is 0 Å². The zero-order valence-corrected chi connectivity index (χ0v) is 13.9. The van der Waals surface area contributed by atoms with Gasteiger partial charge in [0.15, 0.2) is 0 Å². The lowest BCUT2D eigenvalue weighted by atomic mass is 9.94. The second-order valence-electron chi connectivity index (χ2n) is 6.24. The minimum absolute atomic E-state index is 0.0963. The van der Waals surface area contributed by atoms with E-state index in [1.807, 2.05) is 11.8 Å². The molecule has 1 N–H and O–H groups in total. The molecule has 0 aromatic carbocycles. The van der Waals surface area contributed by atoms with Crippen LogP contribution in [0.3, 0.4) is 0 Å². The Labute approximate surface area is 134 Å². The molecule has 0 saturated carbocycles. The fraction of sp³-hybridized carbons (Fsp3) is 0.824. The van der Waals surface area contributed by atoms with Gasteiger partial charge in [0.2, 0.25) is 0 Å². The Morgan fingerprint density at radius 2 is 2.18 bits per heavy atom. The summed E-state index contributed by atoms with van der Waals surface area (Å²) < 4.78 is 5.38. The molecule has 0 aromatic rings. The predicted octanol–water partition coefficient (Wildman–Crippen LogP) is 2.10. The predicted molar refractivity (Wildman–Crippen MR) is 89.0 cm³/mol.